The van der Waals surface area contributed by atoms with Gasteiger partial charge in [0.05, 0.1) is 0 Å². The standard InChI is InChI=1S/C16H22N2O3.ClH/c19-16(17-6-9-18-7-2-1-3-8-18)13-4-5-14-15(12-13)21-11-10-20-14;/h4-5,12H,1-3,6-11H2,(H,17,19);1H/p-1. The van der Waals surface area contributed by atoms with E-state index >= 15 is 0 Å². The summed E-state index contributed by atoms with van der Waals surface area (Å²) in [5.74, 6) is 1.32. The van der Waals surface area contributed by atoms with Crippen LogP contribution in [-0.2, 0) is 0 Å². The first-order valence-corrected chi connectivity index (χ1v) is 7.73. The number of hydrogen-bond donors (Lipinski definition) is 1. The van der Waals surface area contributed by atoms with Crippen LogP contribution >= 0.6 is 0 Å². The molecule has 1 saturated heterocycles. The van der Waals surface area contributed by atoms with E-state index in [4.69, 9.17) is 9.47 Å². The molecule has 1 aromatic carbocycles. The Kier molecular flexibility index (Phi) is 6.34. The first kappa shape index (κ1) is 16.9. The zero-order valence-corrected chi connectivity index (χ0v) is 13.4. The van der Waals surface area contributed by atoms with Crippen LogP contribution in [0.15, 0.2) is 18.2 Å². The molecule has 0 saturated carbocycles. The summed E-state index contributed by atoms with van der Waals surface area (Å²) in [6.45, 7) is 5.02. The maximum Gasteiger partial charge on any atom is 0.251 e. The quantitative estimate of drug-likeness (QED) is 0.746. The molecule has 2 aliphatic rings. The number of benzene rings is 1. The molecule has 6 heteroatoms. The number of hydrogen-bond acceptors (Lipinski definition) is 4. The van der Waals surface area contributed by atoms with Crippen molar-refractivity contribution in [3.05, 3.63) is 23.8 Å². The van der Waals surface area contributed by atoms with Crippen LogP contribution < -0.4 is 27.2 Å². The molecule has 0 spiro atoms. The lowest BCUT2D eigenvalue weighted by Crippen LogP contribution is -3.00. The molecular formula is C16H22ClN2O3-. The van der Waals surface area contributed by atoms with E-state index in [9.17, 15) is 4.79 Å². The third kappa shape index (κ3) is 4.27. The van der Waals surface area contributed by atoms with Crippen molar-refractivity contribution in [1.82, 2.24) is 10.2 Å². The molecule has 1 N–H and O–H groups in total. The fraction of sp³-hybridized carbons (Fsp3) is 0.562. The number of amides is 1. The minimum absolute atomic E-state index is 0. The minimum atomic E-state index is -0.0519. The van der Waals surface area contributed by atoms with Crippen molar-refractivity contribution in [1.29, 1.82) is 0 Å². The number of likely N-dealkylation sites (tertiary alicyclic amines) is 1. The van der Waals surface area contributed by atoms with Crippen LogP contribution in [-0.4, -0.2) is 50.2 Å². The molecule has 2 heterocycles. The highest BCUT2D eigenvalue weighted by molar-refractivity contribution is 5.94. The first-order valence-electron chi connectivity index (χ1n) is 7.73. The van der Waals surface area contributed by atoms with Gasteiger partial charge in [0.1, 0.15) is 13.2 Å². The van der Waals surface area contributed by atoms with Gasteiger partial charge in [-0.2, -0.15) is 0 Å². The molecule has 1 fully saturated rings. The van der Waals surface area contributed by atoms with Crippen LogP contribution in [0.1, 0.15) is 29.6 Å². The summed E-state index contributed by atoms with van der Waals surface area (Å²) in [7, 11) is 0. The topological polar surface area (TPSA) is 50.8 Å². The monoisotopic (exact) mass is 325 g/mol. The molecule has 2 aliphatic heterocycles. The predicted octanol–water partition coefficient (Wildman–Crippen LogP) is -1.32. The van der Waals surface area contributed by atoms with E-state index < -0.39 is 0 Å². The average molecular weight is 326 g/mol. The number of carbonyl (C=O) groups is 1. The summed E-state index contributed by atoms with van der Waals surface area (Å²) >= 11 is 0. The third-order valence-corrected chi connectivity index (χ3v) is 3.97. The van der Waals surface area contributed by atoms with Crippen LogP contribution in [0.2, 0.25) is 0 Å². The highest BCUT2D eigenvalue weighted by Crippen LogP contribution is 2.30. The maximum atomic E-state index is 12.1. The number of carbonyl (C=O) groups excluding carboxylic acids is 1. The van der Waals surface area contributed by atoms with Crippen LogP contribution in [0, 0.1) is 0 Å². The van der Waals surface area contributed by atoms with E-state index in [1.165, 1.54) is 19.3 Å². The van der Waals surface area contributed by atoms with Crippen molar-refractivity contribution in [2.45, 2.75) is 19.3 Å². The van der Waals surface area contributed by atoms with Crippen LogP contribution in [0.5, 0.6) is 11.5 Å². The molecule has 1 amide bonds. The normalized spacial score (nSPS) is 17.5. The lowest BCUT2D eigenvalue weighted by molar-refractivity contribution is -0.0000132. The van der Waals surface area contributed by atoms with Gasteiger partial charge in [-0.15, -0.1) is 0 Å². The second-order valence-corrected chi connectivity index (χ2v) is 5.52. The van der Waals surface area contributed by atoms with Gasteiger partial charge in [0.25, 0.3) is 5.91 Å². The van der Waals surface area contributed by atoms with Crippen molar-refractivity contribution in [3.8, 4) is 11.5 Å². The Bertz CT molecular complexity index is 504. The molecule has 1 aromatic rings. The van der Waals surface area contributed by atoms with Gasteiger partial charge >= 0.3 is 0 Å². The Morgan fingerprint density at radius 3 is 2.59 bits per heavy atom. The number of nitrogens with zero attached hydrogens (tertiary/aromatic N) is 1. The Balaban J connectivity index is 0.00000176. The summed E-state index contributed by atoms with van der Waals surface area (Å²) in [4.78, 5) is 14.6. The van der Waals surface area contributed by atoms with Gasteiger partial charge in [-0.1, -0.05) is 6.42 Å². The molecule has 5 nitrogen and oxygen atoms in total. The van der Waals surface area contributed by atoms with Crippen LogP contribution in [0.3, 0.4) is 0 Å². The fourth-order valence-electron chi connectivity index (χ4n) is 2.80. The summed E-state index contributed by atoms with van der Waals surface area (Å²) in [5, 5.41) is 2.98. The van der Waals surface area contributed by atoms with E-state index in [0.29, 0.717) is 36.8 Å². The van der Waals surface area contributed by atoms with E-state index in [-0.39, 0.29) is 18.3 Å². The van der Waals surface area contributed by atoms with Gasteiger partial charge in [-0.05, 0) is 44.1 Å². The molecule has 0 unspecified atom stereocenters. The molecule has 0 aliphatic carbocycles. The minimum Gasteiger partial charge on any atom is -1.00 e. The average Bonchev–Trinajstić information content (AvgIpc) is 2.55. The van der Waals surface area contributed by atoms with Gasteiger partial charge in [0, 0.05) is 18.7 Å². The SMILES string of the molecule is O=C(NCCN1CCCCC1)c1ccc2c(c1)OCCO2.[Cl-]. The van der Waals surface area contributed by atoms with Gasteiger partial charge in [0.15, 0.2) is 11.5 Å². The molecule has 122 valence electrons. The Hall–Kier alpha value is -1.46. The van der Waals surface area contributed by atoms with Crippen LogP contribution in [0.4, 0.5) is 0 Å². The molecular weight excluding hydrogens is 304 g/mol. The zero-order chi connectivity index (χ0) is 14.5. The van der Waals surface area contributed by atoms with E-state index in [0.717, 1.165) is 19.6 Å². The summed E-state index contributed by atoms with van der Waals surface area (Å²) < 4.78 is 11.0. The van der Waals surface area contributed by atoms with Gasteiger partial charge < -0.3 is 32.1 Å². The Labute approximate surface area is 137 Å². The number of halogens is 1. The van der Waals surface area contributed by atoms with Crippen molar-refractivity contribution >= 4 is 5.91 Å². The number of piperidine rings is 1. The first-order chi connectivity index (χ1) is 10.3. The van der Waals surface area contributed by atoms with Crippen LogP contribution in [0.25, 0.3) is 0 Å². The van der Waals surface area contributed by atoms with E-state index in [1.54, 1.807) is 18.2 Å². The number of nitrogens with one attached hydrogen (secondary N) is 1. The van der Waals surface area contributed by atoms with Crippen molar-refractivity contribution in [3.63, 3.8) is 0 Å². The number of fused-ring (bicyclic) bond motifs is 1. The lowest BCUT2D eigenvalue weighted by atomic mass is 10.1. The smallest absolute Gasteiger partial charge is 0.251 e. The maximum absolute atomic E-state index is 12.1. The lowest BCUT2D eigenvalue weighted by Gasteiger charge is -2.26. The molecule has 22 heavy (non-hydrogen) atoms. The molecule has 0 aromatic heterocycles. The largest absolute Gasteiger partial charge is 1.00 e. The molecule has 0 radical (unpaired) electrons. The molecule has 0 bridgehead atoms. The summed E-state index contributed by atoms with van der Waals surface area (Å²) in [6.07, 6.45) is 3.88. The zero-order valence-electron chi connectivity index (χ0n) is 12.6. The van der Waals surface area contributed by atoms with Gasteiger partial charge in [-0.25, -0.2) is 0 Å². The highest BCUT2D eigenvalue weighted by atomic mass is 35.5. The molecule has 3 rings (SSSR count). The molecule has 0 atom stereocenters. The fourth-order valence-corrected chi connectivity index (χ4v) is 2.80. The second-order valence-electron chi connectivity index (χ2n) is 5.52. The van der Waals surface area contributed by atoms with Gasteiger partial charge in [0.2, 0.25) is 0 Å². The van der Waals surface area contributed by atoms with Crippen molar-refractivity contribution < 1.29 is 26.7 Å². The highest BCUT2D eigenvalue weighted by Gasteiger charge is 2.15. The summed E-state index contributed by atoms with van der Waals surface area (Å²) in [6, 6.07) is 5.34. The predicted molar refractivity (Wildman–Crippen MR) is 80.1 cm³/mol. The van der Waals surface area contributed by atoms with Crippen molar-refractivity contribution in [2.75, 3.05) is 39.4 Å². The Morgan fingerprint density at radius 1 is 1.09 bits per heavy atom. The van der Waals surface area contributed by atoms with E-state index in [1.807, 2.05) is 0 Å². The number of rotatable bonds is 4. The second kappa shape index (κ2) is 8.25. The number of ether oxygens (including phenoxy) is 2. The van der Waals surface area contributed by atoms with Crippen molar-refractivity contribution in [2.24, 2.45) is 0 Å². The Morgan fingerprint density at radius 2 is 1.82 bits per heavy atom. The third-order valence-electron chi connectivity index (χ3n) is 3.97. The summed E-state index contributed by atoms with van der Waals surface area (Å²) in [5.41, 5.74) is 0.623. The van der Waals surface area contributed by atoms with Gasteiger partial charge in [-0.3, -0.25) is 4.79 Å². The van der Waals surface area contributed by atoms with E-state index in [2.05, 4.69) is 10.2 Å².